The molecule has 0 spiro atoms. The molecule has 0 amide bonds. The molecule has 0 N–H and O–H groups in total. The number of hydrogen-bond acceptors (Lipinski definition) is 6. The fourth-order valence-electron chi connectivity index (χ4n) is 3.30. The van der Waals surface area contributed by atoms with Gasteiger partial charge >= 0.3 is 0 Å². The molecule has 3 heterocycles. The molecule has 2 aromatic rings. The third-order valence-electron chi connectivity index (χ3n) is 4.78. The highest BCUT2D eigenvalue weighted by molar-refractivity contribution is 7.88. The third kappa shape index (κ3) is 3.72. The number of ether oxygens (including phenoxy) is 1. The molecule has 1 fully saturated rings. The Kier molecular flexibility index (Phi) is 4.88. The molecule has 1 aromatic carbocycles. The van der Waals surface area contributed by atoms with Gasteiger partial charge in [-0.1, -0.05) is 30.3 Å². The summed E-state index contributed by atoms with van der Waals surface area (Å²) in [6.07, 6.45) is 2.49. The SMILES string of the molecule is O=S(=O)(Cc1ccccc1)N1CCc2cnc(N3CCOCC3)nc2C1. The van der Waals surface area contributed by atoms with Crippen LogP contribution in [0.3, 0.4) is 0 Å². The second-order valence-corrected chi connectivity index (χ2v) is 8.54. The molecule has 4 rings (SSSR count). The minimum absolute atomic E-state index is 0.0184. The third-order valence-corrected chi connectivity index (χ3v) is 6.57. The number of benzene rings is 1. The Bertz CT molecular complexity index is 867. The molecule has 8 heteroatoms. The van der Waals surface area contributed by atoms with Gasteiger partial charge in [0.15, 0.2) is 0 Å². The summed E-state index contributed by atoms with van der Waals surface area (Å²) in [5.41, 5.74) is 2.65. The van der Waals surface area contributed by atoms with Crippen LogP contribution in [0.1, 0.15) is 16.8 Å². The van der Waals surface area contributed by atoms with Crippen LogP contribution in [0, 0.1) is 0 Å². The lowest BCUT2D eigenvalue weighted by Gasteiger charge is -2.30. The van der Waals surface area contributed by atoms with E-state index in [0.717, 1.165) is 29.9 Å². The van der Waals surface area contributed by atoms with E-state index in [1.807, 2.05) is 36.5 Å². The first kappa shape index (κ1) is 17.4. The maximum absolute atomic E-state index is 12.8. The zero-order valence-corrected chi connectivity index (χ0v) is 15.4. The lowest BCUT2D eigenvalue weighted by molar-refractivity contribution is 0.122. The smallest absolute Gasteiger partial charge is 0.225 e. The van der Waals surface area contributed by atoms with Gasteiger partial charge < -0.3 is 9.64 Å². The Morgan fingerprint density at radius 2 is 1.85 bits per heavy atom. The van der Waals surface area contributed by atoms with Gasteiger partial charge in [-0.2, -0.15) is 4.31 Å². The van der Waals surface area contributed by atoms with E-state index < -0.39 is 10.0 Å². The highest BCUT2D eigenvalue weighted by Gasteiger charge is 2.28. The van der Waals surface area contributed by atoms with Crippen molar-refractivity contribution in [3.8, 4) is 0 Å². The Morgan fingerprint density at radius 3 is 2.62 bits per heavy atom. The summed E-state index contributed by atoms with van der Waals surface area (Å²) in [4.78, 5) is 11.2. The van der Waals surface area contributed by atoms with E-state index in [0.29, 0.717) is 38.7 Å². The van der Waals surface area contributed by atoms with Crippen molar-refractivity contribution < 1.29 is 13.2 Å². The molecule has 2 aliphatic rings. The standard InChI is InChI=1S/C18H22N4O3S/c23-26(24,14-15-4-2-1-3-5-15)22-7-6-16-12-19-18(20-17(16)13-22)21-8-10-25-11-9-21/h1-5,12H,6-11,13-14H2. The molecular weight excluding hydrogens is 352 g/mol. The summed E-state index contributed by atoms with van der Waals surface area (Å²) in [6.45, 7) is 3.63. The molecule has 0 radical (unpaired) electrons. The second kappa shape index (κ2) is 7.30. The van der Waals surface area contributed by atoms with Gasteiger partial charge in [0.25, 0.3) is 0 Å². The monoisotopic (exact) mass is 374 g/mol. The van der Waals surface area contributed by atoms with Gasteiger partial charge in [-0.3, -0.25) is 0 Å². The lowest BCUT2D eigenvalue weighted by atomic mass is 10.1. The first-order chi connectivity index (χ1) is 12.6. The summed E-state index contributed by atoms with van der Waals surface area (Å²) in [7, 11) is -3.38. The summed E-state index contributed by atoms with van der Waals surface area (Å²) >= 11 is 0. The molecule has 0 saturated carbocycles. The van der Waals surface area contributed by atoms with Crippen molar-refractivity contribution in [3.05, 3.63) is 53.3 Å². The van der Waals surface area contributed by atoms with Crippen LogP contribution in [0.25, 0.3) is 0 Å². The van der Waals surface area contributed by atoms with Crippen molar-refractivity contribution in [1.29, 1.82) is 0 Å². The quantitative estimate of drug-likeness (QED) is 0.801. The fraction of sp³-hybridized carbons (Fsp3) is 0.444. The summed E-state index contributed by atoms with van der Waals surface area (Å²) in [5.74, 6) is 0.680. The molecule has 1 saturated heterocycles. The summed E-state index contributed by atoms with van der Waals surface area (Å²) in [5, 5.41) is 0. The van der Waals surface area contributed by atoms with Gasteiger partial charge in [0.1, 0.15) is 0 Å². The van der Waals surface area contributed by atoms with Crippen LogP contribution >= 0.6 is 0 Å². The summed E-state index contributed by atoms with van der Waals surface area (Å²) in [6, 6.07) is 9.29. The van der Waals surface area contributed by atoms with E-state index in [1.165, 1.54) is 0 Å². The van der Waals surface area contributed by atoms with Crippen molar-refractivity contribution >= 4 is 16.0 Å². The van der Waals surface area contributed by atoms with Crippen molar-refractivity contribution in [2.45, 2.75) is 18.7 Å². The van der Waals surface area contributed by atoms with E-state index in [2.05, 4.69) is 14.9 Å². The molecule has 0 unspecified atom stereocenters. The molecule has 1 aromatic heterocycles. The maximum atomic E-state index is 12.8. The number of hydrogen-bond donors (Lipinski definition) is 0. The number of nitrogens with zero attached hydrogens (tertiary/aromatic N) is 4. The minimum atomic E-state index is -3.38. The highest BCUT2D eigenvalue weighted by atomic mass is 32.2. The average Bonchev–Trinajstić information content (AvgIpc) is 2.68. The number of fused-ring (bicyclic) bond motifs is 1. The van der Waals surface area contributed by atoms with Crippen LogP contribution in [-0.2, 0) is 33.5 Å². The number of morpholine rings is 1. The molecule has 138 valence electrons. The topological polar surface area (TPSA) is 75.6 Å². The maximum Gasteiger partial charge on any atom is 0.225 e. The van der Waals surface area contributed by atoms with Gasteiger partial charge in [0, 0.05) is 25.8 Å². The predicted molar refractivity (Wildman–Crippen MR) is 98.2 cm³/mol. The lowest BCUT2D eigenvalue weighted by Crippen LogP contribution is -2.39. The molecular formula is C18H22N4O3S. The number of sulfonamides is 1. The van der Waals surface area contributed by atoms with E-state index >= 15 is 0 Å². The molecule has 0 aliphatic carbocycles. The zero-order chi connectivity index (χ0) is 18.0. The average molecular weight is 374 g/mol. The minimum Gasteiger partial charge on any atom is -0.378 e. The Hall–Kier alpha value is -2.03. The molecule has 7 nitrogen and oxygen atoms in total. The Balaban J connectivity index is 1.52. The molecule has 26 heavy (non-hydrogen) atoms. The van der Waals surface area contributed by atoms with Crippen LogP contribution in [0.15, 0.2) is 36.5 Å². The van der Waals surface area contributed by atoms with Crippen molar-refractivity contribution in [2.24, 2.45) is 0 Å². The number of rotatable bonds is 4. The van der Waals surface area contributed by atoms with Crippen LogP contribution in [0.4, 0.5) is 5.95 Å². The highest BCUT2D eigenvalue weighted by Crippen LogP contribution is 2.23. The van der Waals surface area contributed by atoms with E-state index in [1.54, 1.807) is 4.31 Å². The van der Waals surface area contributed by atoms with E-state index in [4.69, 9.17) is 4.74 Å². The van der Waals surface area contributed by atoms with E-state index in [-0.39, 0.29) is 5.75 Å². The van der Waals surface area contributed by atoms with Gasteiger partial charge in [-0.25, -0.2) is 18.4 Å². The fourth-order valence-corrected chi connectivity index (χ4v) is 4.78. The first-order valence-electron chi connectivity index (χ1n) is 8.81. The Labute approximate surface area is 153 Å². The van der Waals surface area contributed by atoms with Gasteiger partial charge in [0.05, 0.1) is 31.2 Å². The van der Waals surface area contributed by atoms with Crippen molar-refractivity contribution in [1.82, 2.24) is 14.3 Å². The second-order valence-electron chi connectivity index (χ2n) is 6.57. The normalized spacial score (nSPS) is 18.5. The van der Waals surface area contributed by atoms with Crippen molar-refractivity contribution in [2.75, 3.05) is 37.7 Å². The van der Waals surface area contributed by atoms with E-state index in [9.17, 15) is 8.42 Å². The molecule has 0 atom stereocenters. The Morgan fingerprint density at radius 1 is 1.08 bits per heavy atom. The van der Waals surface area contributed by atoms with Crippen LogP contribution < -0.4 is 4.90 Å². The zero-order valence-electron chi connectivity index (χ0n) is 14.5. The number of anilines is 1. The van der Waals surface area contributed by atoms with Crippen molar-refractivity contribution in [3.63, 3.8) is 0 Å². The first-order valence-corrected chi connectivity index (χ1v) is 10.4. The van der Waals surface area contributed by atoms with Crippen LogP contribution in [-0.4, -0.2) is 55.5 Å². The summed E-state index contributed by atoms with van der Waals surface area (Å²) < 4.78 is 32.5. The van der Waals surface area contributed by atoms with Crippen LogP contribution in [0.2, 0.25) is 0 Å². The van der Waals surface area contributed by atoms with Gasteiger partial charge in [-0.15, -0.1) is 0 Å². The van der Waals surface area contributed by atoms with Crippen LogP contribution in [0.5, 0.6) is 0 Å². The molecule has 2 aliphatic heterocycles. The van der Waals surface area contributed by atoms with Gasteiger partial charge in [-0.05, 0) is 17.5 Å². The largest absolute Gasteiger partial charge is 0.378 e. The predicted octanol–water partition coefficient (Wildman–Crippen LogP) is 1.20. The molecule has 0 bridgehead atoms. The van der Waals surface area contributed by atoms with Gasteiger partial charge in [0.2, 0.25) is 16.0 Å². The number of aromatic nitrogens is 2.